The molecule has 0 bridgehead atoms. The highest BCUT2D eigenvalue weighted by Crippen LogP contribution is 2.45. The van der Waals surface area contributed by atoms with Gasteiger partial charge in [-0.3, -0.25) is 4.90 Å². The van der Waals surface area contributed by atoms with E-state index in [0.29, 0.717) is 6.29 Å². The maximum atomic E-state index is 13.0. The lowest BCUT2D eigenvalue weighted by molar-refractivity contribution is -0.112. The highest BCUT2D eigenvalue weighted by atomic mass is 16.6. The molecule has 7 heteroatoms. The van der Waals surface area contributed by atoms with E-state index < -0.39 is 24.3 Å². The first-order valence-corrected chi connectivity index (χ1v) is 15.1. The Morgan fingerprint density at radius 1 is 0.705 bits per heavy atom. The maximum absolute atomic E-state index is 13.0. The Balaban J connectivity index is 0.00000188. The van der Waals surface area contributed by atoms with Gasteiger partial charge in [-0.1, -0.05) is 111 Å². The van der Waals surface area contributed by atoms with Crippen LogP contribution in [0, 0.1) is 0 Å². The Bertz CT molecular complexity index is 1560. The monoisotopic (exact) mass is 590 g/mol. The third kappa shape index (κ3) is 5.82. The van der Waals surface area contributed by atoms with Crippen molar-refractivity contribution < 1.29 is 23.9 Å². The van der Waals surface area contributed by atoms with Crippen LogP contribution in [-0.2, 0) is 14.3 Å². The molecule has 2 aliphatic carbocycles. The number of aldehydes is 1. The van der Waals surface area contributed by atoms with Gasteiger partial charge >= 0.3 is 12.2 Å². The van der Waals surface area contributed by atoms with Crippen molar-refractivity contribution in [2.75, 3.05) is 20.3 Å². The number of nitrogens with one attached hydrogen (secondary N) is 1. The fourth-order valence-corrected chi connectivity index (χ4v) is 6.27. The lowest BCUT2D eigenvalue weighted by Gasteiger charge is -2.29. The number of likely N-dealkylation sites (N-methyl/N-ethyl adjacent to an activating group) is 1. The number of hydrogen-bond acceptors (Lipinski definition) is 5. The predicted molar refractivity (Wildman–Crippen MR) is 172 cm³/mol. The molecule has 0 fully saturated rings. The van der Waals surface area contributed by atoms with Gasteiger partial charge in [0.2, 0.25) is 0 Å². The van der Waals surface area contributed by atoms with E-state index in [1.165, 1.54) is 11.9 Å². The summed E-state index contributed by atoms with van der Waals surface area (Å²) >= 11 is 0. The van der Waals surface area contributed by atoms with Gasteiger partial charge in [0.25, 0.3) is 0 Å². The zero-order valence-corrected chi connectivity index (χ0v) is 25.5. The number of hydrogen-bond donors (Lipinski definition) is 1. The van der Waals surface area contributed by atoms with Crippen LogP contribution in [0.25, 0.3) is 22.3 Å². The lowest BCUT2D eigenvalue weighted by atomic mass is 9.98. The topological polar surface area (TPSA) is 84.9 Å². The Morgan fingerprint density at radius 3 is 1.45 bits per heavy atom. The van der Waals surface area contributed by atoms with Gasteiger partial charge in [-0.15, -0.1) is 0 Å². The lowest BCUT2D eigenvalue weighted by Crippen LogP contribution is -2.52. The Labute approximate surface area is 258 Å². The van der Waals surface area contributed by atoms with Crippen LogP contribution in [0.4, 0.5) is 9.59 Å². The zero-order valence-electron chi connectivity index (χ0n) is 25.5. The molecule has 0 heterocycles. The SMILES string of the molecule is CC.CC(NC(=O)OCC1c2ccccc2-c2ccccc21)C(C=O)N(C)C(=O)OCC1c2ccccc2-c2ccccc21. The van der Waals surface area contributed by atoms with E-state index in [0.717, 1.165) is 44.5 Å². The van der Waals surface area contributed by atoms with Crippen LogP contribution in [0.1, 0.15) is 54.9 Å². The number of alkyl carbamates (subject to hydrolysis) is 1. The molecule has 44 heavy (non-hydrogen) atoms. The van der Waals surface area contributed by atoms with E-state index >= 15 is 0 Å². The smallest absolute Gasteiger partial charge is 0.410 e. The van der Waals surface area contributed by atoms with Crippen molar-refractivity contribution in [3.05, 3.63) is 119 Å². The number of ether oxygens (including phenoxy) is 2. The van der Waals surface area contributed by atoms with Crippen LogP contribution in [0.2, 0.25) is 0 Å². The van der Waals surface area contributed by atoms with Gasteiger partial charge < -0.3 is 19.6 Å². The molecule has 6 rings (SSSR count). The van der Waals surface area contributed by atoms with Gasteiger partial charge in [0.05, 0.1) is 6.04 Å². The molecule has 4 aromatic rings. The first kappa shape index (κ1) is 30.5. The Hall–Kier alpha value is -4.91. The van der Waals surface area contributed by atoms with Gasteiger partial charge in [0.1, 0.15) is 25.5 Å². The number of fused-ring (bicyclic) bond motifs is 6. The van der Waals surface area contributed by atoms with E-state index in [9.17, 15) is 14.4 Å². The number of carbonyl (C=O) groups excluding carboxylic acids is 3. The molecule has 4 aromatic carbocycles. The summed E-state index contributed by atoms with van der Waals surface area (Å²) in [7, 11) is 1.49. The van der Waals surface area contributed by atoms with Gasteiger partial charge in [-0.05, 0) is 51.4 Å². The standard InChI is InChI=1S/C35H32N2O5.C2H6/c1-22(36-34(39)41-20-31-27-15-7-3-11-23(27)24-12-4-8-16-28(24)31)33(19-38)37(2)35(40)42-21-32-29-17-9-5-13-25(29)26-14-6-10-18-30(26)32;1-2/h3-19,22,31-33H,20-21H2,1-2H3,(H,36,39);1-2H3. The molecule has 2 atom stereocenters. The molecular formula is C37H38N2O5. The van der Waals surface area contributed by atoms with Gasteiger partial charge in [0.15, 0.2) is 0 Å². The summed E-state index contributed by atoms with van der Waals surface area (Å²) in [6.45, 7) is 5.95. The average molecular weight is 591 g/mol. The number of amides is 2. The fourth-order valence-electron chi connectivity index (χ4n) is 6.27. The molecule has 0 aromatic heterocycles. The van der Waals surface area contributed by atoms with Crippen LogP contribution < -0.4 is 5.32 Å². The summed E-state index contributed by atoms with van der Waals surface area (Å²) in [4.78, 5) is 39.1. The zero-order chi connectivity index (χ0) is 31.2. The maximum Gasteiger partial charge on any atom is 0.410 e. The summed E-state index contributed by atoms with van der Waals surface area (Å²) in [6.07, 6.45) is -0.664. The molecule has 2 amide bonds. The molecule has 0 radical (unpaired) electrons. The second-order valence-corrected chi connectivity index (χ2v) is 10.8. The van der Waals surface area contributed by atoms with Crippen molar-refractivity contribution in [3.63, 3.8) is 0 Å². The van der Waals surface area contributed by atoms with E-state index in [1.807, 2.05) is 74.5 Å². The minimum atomic E-state index is -0.943. The third-order valence-electron chi connectivity index (χ3n) is 8.41. The van der Waals surface area contributed by atoms with Crippen molar-refractivity contribution in [1.29, 1.82) is 0 Å². The summed E-state index contributed by atoms with van der Waals surface area (Å²) in [5.41, 5.74) is 8.98. The number of nitrogens with zero attached hydrogens (tertiary/aromatic N) is 1. The summed E-state index contributed by atoms with van der Waals surface area (Å²) in [5.74, 6) is -0.176. The van der Waals surface area contributed by atoms with E-state index in [2.05, 4.69) is 41.7 Å². The quantitative estimate of drug-likeness (QED) is 0.216. The summed E-state index contributed by atoms with van der Waals surface area (Å²) < 4.78 is 11.3. The second kappa shape index (κ2) is 13.6. The van der Waals surface area contributed by atoms with Crippen molar-refractivity contribution in [2.24, 2.45) is 0 Å². The minimum Gasteiger partial charge on any atom is -0.449 e. The number of rotatable bonds is 8. The van der Waals surface area contributed by atoms with Crippen LogP contribution >= 0.6 is 0 Å². The van der Waals surface area contributed by atoms with Crippen molar-refractivity contribution in [2.45, 2.75) is 44.7 Å². The predicted octanol–water partition coefficient (Wildman–Crippen LogP) is 7.39. The molecule has 0 spiro atoms. The molecule has 226 valence electrons. The molecule has 7 nitrogen and oxygen atoms in total. The molecule has 0 saturated carbocycles. The largest absolute Gasteiger partial charge is 0.449 e. The molecule has 0 saturated heterocycles. The first-order chi connectivity index (χ1) is 21.5. The van der Waals surface area contributed by atoms with Crippen LogP contribution in [0.3, 0.4) is 0 Å². The van der Waals surface area contributed by atoms with E-state index in [1.54, 1.807) is 6.92 Å². The van der Waals surface area contributed by atoms with Gasteiger partial charge in [-0.2, -0.15) is 0 Å². The van der Waals surface area contributed by atoms with Crippen molar-refractivity contribution >= 4 is 18.5 Å². The highest BCUT2D eigenvalue weighted by molar-refractivity contribution is 5.80. The highest BCUT2D eigenvalue weighted by Gasteiger charge is 2.33. The molecular weight excluding hydrogens is 552 g/mol. The molecule has 1 N–H and O–H groups in total. The van der Waals surface area contributed by atoms with Crippen molar-refractivity contribution in [3.8, 4) is 22.3 Å². The Kier molecular flexibility index (Phi) is 9.44. The Morgan fingerprint density at radius 2 is 1.07 bits per heavy atom. The van der Waals surface area contributed by atoms with Crippen molar-refractivity contribution in [1.82, 2.24) is 10.2 Å². The minimum absolute atomic E-state index is 0.0798. The second-order valence-electron chi connectivity index (χ2n) is 10.8. The normalized spacial score (nSPS) is 14.0. The summed E-state index contributed by atoms with van der Waals surface area (Å²) in [6, 6.07) is 30.7. The van der Waals surface area contributed by atoms with Crippen LogP contribution in [-0.4, -0.2) is 55.7 Å². The van der Waals surface area contributed by atoms with E-state index in [-0.39, 0.29) is 25.0 Å². The van der Waals surface area contributed by atoms with Crippen LogP contribution in [0.5, 0.6) is 0 Å². The molecule has 0 aliphatic heterocycles. The number of benzene rings is 4. The first-order valence-electron chi connectivity index (χ1n) is 15.1. The van der Waals surface area contributed by atoms with E-state index in [4.69, 9.17) is 9.47 Å². The van der Waals surface area contributed by atoms with Gasteiger partial charge in [-0.25, -0.2) is 9.59 Å². The molecule has 2 aliphatic rings. The number of carbonyl (C=O) groups is 3. The third-order valence-corrected chi connectivity index (χ3v) is 8.41. The van der Waals surface area contributed by atoms with Crippen LogP contribution in [0.15, 0.2) is 97.1 Å². The summed E-state index contributed by atoms with van der Waals surface area (Å²) in [5, 5.41) is 2.72. The molecule has 2 unspecified atom stereocenters. The average Bonchev–Trinajstić information content (AvgIpc) is 3.56. The van der Waals surface area contributed by atoms with Gasteiger partial charge in [0, 0.05) is 18.9 Å². The fraction of sp³-hybridized carbons (Fsp3) is 0.270.